The number of carbonyl (C=O) groups is 1. The Balaban J connectivity index is 1.30. The summed E-state index contributed by atoms with van der Waals surface area (Å²) in [5.41, 5.74) is 1.90. The van der Waals surface area contributed by atoms with Gasteiger partial charge in [0, 0.05) is 25.0 Å². The van der Waals surface area contributed by atoms with Crippen LogP contribution in [0.4, 0.5) is 0 Å². The third-order valence-corrected chi connectivity index (χ3v) is 4.47. The first-order chi connectivity index (χ1) is 14.2. The molecular formula is C22H20N4O3. The van der Waals surface area contributed by atoms with Crippen molar-refractivity contribution in [2.75, 3.05) is 6.54 Å². The zero-order valence-electron chi connectivity index (χ0n) is 15.7. The summed E-state index contributed by atoms with van der Waals surface area (Å²) >= 11 is 0. The highest BCUT2D eigenvalue weighted by molar-refractivity contribution is 5.91. The van der Waals surface area contributed by atoms with Crippen molar-refractivity contribution in [2.45, 2.75) is 13.0 Å². The molecule has 0 radical (unpaired) electrons. The third-order valence-electron chi connectivity index (χ3n) is 4.47. The maximum Gasteiger partial charge on any atom is 0.287 e. The smallest absolute Gasteiger partial charge is 0.287 e. The Morgan fingerprint density at radius 3 is 2.69 bits per heavy atom. The SMILES string of the molecule is O=C(NCCc1cnn(-c2ccccc2)c1)c1ccc(Cn2ccccc2=O)o1. The zero-order valence-corrected chi connectivity index (χ0v) is 15.7. The maximum absolute atomic E-state index is 12.3. The Morgan fingerprint density at radius 2 is 1.86 bits per heavy atom. The van der Waals surface area contributed by atoms with E-state index in [9.17, 15) is 9.59 Å². The van der Waals surface area contributed by atoms with Crippen molar-refractivity contribution in [3.63, 3.8) is 0 Å². The molecule has 3 heterocycles. The van der Waals surface area contributed by atoms with Crippen LogP contribution in [0.25, 0.3) is 5.69 Å². The Kier molecular flexibility index (Phi) is 5.38. The molecule has 0 saturated carbocycles. The molecule has 7 nitrogen and oxygen atoms in total. The van der Waals surface area contributed by atoms with Gasteiger partial charge >= 0.3 is 0 Å². The first kappa shape index (κ1) is 18.5. The summed E-state index contributed by atoms with van der Waals surface area (Å²) in [4.78, 5) is 24.1. The number of benzene rings is 1. The minimum atomic E-state index is -0.285. The monoisotopic (exact) mass is 388 g/mol. The van der Waals surface area contributed by atoms with Gasteiger partial charge in [0.1, 0.15) is 5.76 Å². The number of nitrogens with zero attached hydrogens (tertiary/aromatic N) is 3. The van der Waals surface area contributed by atoms with Gasteiger partial charge in [0.2, 0.25) is 0 Å². The van der Waals surface area contributed by atoms with E-state index < -0.39 is 0 Å². The molecule has 7 heteroatoms. The topological polar surface area (TPSA) is 82.1 Å². The van der Waals surface area contributed by atoms with Crippen LogP contribution in [0.15, 0.2) is 88.5 Å². The standard InChI is InChI=1S/C22H20N4O3/c27-21-8-4-5-13-25(21)16-19-9-10-20(29-19)22(28)23-12-11-17-14-24-26(15-17)18-6-2-1-3-7-18/h1-10,13-15H,11-12,16H2,(H,23,28). The Hall–Kier alpha value is -3.87. The molecule has 29 heavy (non-hydrogen) atoms. The van der Waals surface area contributed by atoms with Crippen LogP contribution in [-0.4, -0.2) is 26.8 Å². The van der Waals surface area contributed by atoms with Gasteiger partial charge in [0.05, 0.1) is 18.4 Å². The number of pyridine rings is 1. The van der Waals surface area contributed by atoms with Crippen molar-refractivity contribution in [1.29, 1.82) is 0 Å². The zero-order chi connectivity index (χ0) is 20.1. The number of rotatable bonds is 7. The summed E-state index contributed by atoms with van der Waals surface area (Å²) in [6, 6.07) is 18.1. The van der Waals surface area contributed by atoms with Crippen LogP contribution in [-0.2, 0) is 13.0 Å². The highest BCUT2D eigenvalue weighted by atomic mass is 16.4. The fourth-order valence-corrected chi connectivity index (χ4v) is 2.96. The van der Waals surface area contributed by atoms with Crippen LogP contribution in [0.2, 0.25) is 0 Å². The molecule has 0 saturated heterocycles. The summed E-state index contributed by atoms with van der Waals surface area (Å²) in [6.07, 6.45) is 6.08. The molecule has 0 aliphatic rings. The van der Waals surface area contributed by atoms with E-state index >= 15 is 0 Å². The summed E-state index contributed by atoms with van der Waals surface area (Å²) in [5.74, 6) is 0.489. The molecular weight excluding hydrogens is 368 g/mol. The van der Waals surface area contributed by atoms with Crippen LogP contribution in [0.3, 0.4) is 0 Å². The average molecular weight is 388 g/mol. The molecule has 0 fully saturated rings. The quantitative estimate of drug-likeness (QED) is 0.528. The van der Waals surface area contributed by atoms with Crippen molar-refractivity contribution >= 4 is 5.91 Å². The molecule has 4 aromatic rings. The van der Waals surface area contributed by atoms with E-state index in [1.807, 2.05) is 41.2 Å². The van der Waals surface area contributed by atoms with Crippen molar-refractivity contribution < 1.29 is 9.21 Å². The second kappa shape index (κ2) is 8.43. The van der Waals surface area contributed by atoms with Gasteiger partial charge in [0.15, 0.2) is 5.76 Å². The number of amides is 1. The number of aromatic nitrogens is 3. The first-order valence-electron chi connectivity index (χ1n) is 9.30. The summed E-state index contributed by atoms with van der Waals surface area (Å²) in [5, 5.41) is 7.20. The van der Waals surface area contributed by atoms with Gasteiger partial charge in [-0.15, -0.1) is 0 Å². The number of para-hydroxylation sites is 1. The second-order valence-electron chi connectivity index (χ2n) is 6.57. The molecule has 0 spiro atoms. The highest BCUT2D eigenvalue weighted by Gasteiger charge is 2.11. The minimum Gasteiger partial charge on any atom is -0.454 e. The van der Waals surface area contributed by atoms with E-state index in [-0.39, 0.29) is 23.8 Å². The lowest BCUT2D eigenvalue weighted by molar-refractivity contribution is 0.0924. The van der Waals surface area contributed by atoms with Crippen molar-refractivity contribution in [2.24, 2.45) is 0 Å². The molecule has 1 N–H and O–H groups in total. The predicted octanol–water partition coefficient (Wildman–Crippen LogP) is 2.65. The lowest BCUT2D eigenvalue weighted by Crippen LogP contribution is -2.25. The van der Waals surface area contributed by atoms with Gasteiger partial charge in [-0.25, -0.2) is 4.68 Å². The highest BCUT2D eigenvalue weighted by Crippen LogP contribution is 2.10. The van der Waals surface area contributed by atoms with Crippen LogP contribution in [0.1, 0.15) is 21.9 Å². The van der Waals surface area contributed by atoms with E-state index in [1.165, 1.54) is 10.6 Å². The lowest BCUT2D eigenvalue weighted by atomic mass is 10.2. The normalized spacial score (nSPS) is 10.8. The fourth-order valence-electron chi connectivity index (χ4n) is 2.96. The lowest BCUT2D eigenvalue weighted by Gasteiger charge is -2.03. The molecule has 0 unspecified atom stereocenters. The fraction of sp³-hybridized carbons (Fsp3) is 0.136. The van der Waals surface area contributed by atoms with Crippen molar-refractivity contribution in [3.05, 3.63) is 107 Å². The number of furan rings is 1. The van der Waals surface area contributed by atoms with Gasteiger partial charge < -0.3 is 14.3 Å². The van der Waals surface area contributed by atoms with Crippen molar-refractivity contribution in [3.8, 4) is 5.69 Å². The maximum atomic E-state index is 12.3. The third kappa shape index (κ3) is 4.52. The molecule has 0 bridgehead atoms. The Labute approximate surface area is 167 Å². The number of hydrogen-bond donors (Lipinski definition) is 1. The summed E-state index contributed by atoms with van der Waals surface area (Å²) < 4.78 is 8.91. The predicted molar refractivity (Wildman–Crippen MR) is 108 cm³/mol. The second-order valence-corrected chi connectivity index (χ2v) is 6.57. The molecule has 0 atom stereocenters. The van der Waals surface area contributed by atoms with Crippen LogP contribution < -0.4 is 10.9 Å². The van der Waals surface area contributed by atoms with E-state index in [4.69, 9.17) is 4.42 Å². The largest absolute Gasteiger partial charge is 0.454 e. The molecule has 1 aromatic carbocycles. The molecule has 0 aliphatic carbocycles. The number of carbonyl (C=O) groups excluding carboxylic acids is 1. The van der Waals surface area contributed by atoms with Crippen LogP contribution >= 0.6 is 0 Å². The van der Waals surface area contributed by atoms with E-state index in [2.05, 4.69) is 10.4 Å². The van der Waals surface area contributed by atoms with Gasteiger partial charge in [-0.05, 0) is 42.3 Å². The molecule has 0 aliphatic heterocycles. The Bertz CT molecular complexity index is 1160. The molecule has 1 amide bonds. The number of hydrogen-bond acceptors (Lipinski definition) is 4. The molecule has 146 valence electrons. The van der Waals surface area contributed by atoms with Gasteiger partial charge in [0.25, 0.3) is 11.5 Å². The molecule has 3 aromatic heterocycles. The molecule has 4 rings (SSSR count). The van der Waals surface area contributed by atoms with Crippen LogP contribution in [0.5, 0.6) is 0 Å². The average Bonchev–Trinajstić information content (AvgIpc) is 3.40. The van der Waals surface area contributed by atoms with Crippen molar-refractivity contribution in [1.82, 2.24) is 19.7 Å². The van der Waals surface area contributed by atoms with Gasteiger partial charge in [-0.3, -0.25) is 9.59 Å². The minimum absolute atomic E-state index is 0.119. The van der Waals surface area contributed by atoms with E-state index in [0.717, 1.165) is 11.3 Å². The number of nitrogens with one attached hydrogen (secondary N) is 1. The summed E-state index contributed by atoms with van der Waals surface area (Å²) in [7, 11) is 0. The van der Waals surface area contributed by atoms with Gasteiger partial charge in [-0.1, -0.05) is 24.3 Å². The van der Waals surface area contributed by atoms with E-state index in [1.54, 1.807) is 36.7 Å². The van der Waals surface area contributed by atoms with E-state index in [0.29, 0.717) is 18.7 Å². The summed E-state index contributed by atoms with van der Waals surface area (Å²) in [6.45, 7) is 0.749. The van der Waals surface area contributed by atoms with Crippen LogP contribution in [0, 0.1) is 0 Å². The van der Waals surface area contributed by atoms with Gasteiger partial charge in [-0.2, -0.15) is 5.10 Å². The first-order valence-corrected chi connectivity index (χ1v) is 9.30. The Morgan fingerprint density at radius 1 is 1.03 bits per heavy atom.